The van der Waals surface area contributed by atoms with Crippen LogP contribution in [0.3, 0.4) is 0 Å². The molecular weight excluding hydrogens is 363 g/mol. The fraction of sp³-hybridized carbons (Fsp3) is 0.333. The minimum Gasteiger partial charge on any atom is -0.299 e. The van der Waals surface area contributed by atoms with Crippen molar-refractivity contribution in [2.75, 3.05) is 19.6 Å². The van der Waals surface area contributed by atoms with Crippen molar-refractivity contribution in [2.45, 2.75) is 24.3 Å². The van der Waals surface area contributed by atoms with E-state index in [0.717, 1.165) is 26.1 Å². The molecule has 3 rings (SSSR count). The van der Waals surface area contributed by atoms with Gasteiger partial charge in [0.1, 0.15) is 4.90 Å². The van der Waals surface area contributed by atoms with Crippen LogP contribution in [0.15, 0.2) is 47.4 Å². The van der Waals surface area contributed by atoms with Gasteiger partial charge in [-0.3, -0.25) is 4.90 Å². The topological polar surface area (TPSA) is 49.4 Å². The monoisotopic (exact) mass is 382 g/mol. The molecule has 0 bridgehead atoms. The summed E-state index contributed by atoms with van der Waals surface area (Å²) in [5.74, 6) is -0.913. The average Bonchev–Trinajstić information content (AvgIpc) is 2.61. The summed E-state index contributed by atoms with van der Waals surface area (Å²) in [6, 6.07) is 12.3. The SMILES string of the molecule is O=S(=O)(NCCCN1CCc2ccccc2C1)c1cccc(Cl)c1F. The fourth-order valence-corrected chi connectivity index (χ4v) is 4.43. The molecule has 1 aliphatic rings. The van der Waals surface area contributed by atoms with Crippen LogP contribution in [0.4, 0.5) is 4.39 Å². The maximum absolute atomic E-state index is 13.9. The Bertz CT molecular complexity index is 858. The number of hydrogen-bond donors (Lipinski definition) is 1. The minimum atomic E-state index is -3.89. The first-order valence-corrected chi connectivity index (χ1v) is 10.1. The number of halogens is 2. The highest BCUT2D eigenvalue weighted by Crippen LogP contribution is 2.22. The molecule has 0 saturated heterocycles. The molecule has 0 aromatic heterocycles. The van der Waals surface area contributed by atoms with Gasteiger partial charge in [0, 0.05) is 19.6 Å². The van der Waals surface area contributed by atoms with E-state index >= 15 is 0 Å². The third kappa shape index (κ3) is 4.39. The Balaban J connectivity index is 1.51. The van der Waals surface area contributed by atoms with Crippen molar-refractivity contribution >= 4 is 21.6 Å². The van der Waals surface area contributed by atoms with E-state index in [9.17, 15) is 12.8 Å². The van der Waals surface area contributed by atoms with Crippen LogP contribution < -0.4 is 4.72 Å². The first-order valence-electron chi connectivity index (χ1n) is 8.20. The molecule has 134 valence electrons. The van der Waals surface area contributed by atoms with Crippen LogP contribution in [0.25, 0.3) is 0 Å². The standard InChI is InChI=1S/C18H20ClFN2O2S/c19-16-7-3-8-17(18(16)20)25(23,24)21-10-4-11-22-12-9-14-5-1-2-6-15(14)13-22/h1-3,5-8,21H,4,9-13H2. The lowest BCUT2D eigenvalue weighted by atomic mass is 10.00. The van der Waals surface area contributed by atoms with Crippen molar-refractivity contribution in [1.82, 2.24) is 9.62 Å². The van der Waals surface area contributed by atoms with E-state index < -0.39 is 20.7 Å². The Morgan fingerprint density at radius 3 is 2.68 bits per heavy atom. The zero-order chi connectivity index (χ0) is 17.9. The zero-order valence-electron chi connectivity index (χ0n) is 13.7. The maximum Gasteiger partial charge on any atom is 0.243 e. The average molecular weight is 383 g/mol. The molecule has 2 aromatic rings. The van der Waals surface area contributed by atoms with Crippen molar-refractivity contribution in [3.63, 3.8) is 0 Å². The number of fused-ring (bicyclic) bond motifs is 1. The van der Waals surface area contributed by atoms with Crippen LogP contribution in [-0.2, 0) is 23.0 Å². The van der Waals surface area contributed by atoms with Gasteiger partial charge in [-0.15, -0.1) is 0 Å². The van der Waals surface area contributed by atoms with Crippen LogP contribution in [0.1, 0.15) is 17.5 Å². The first kappa shape index (κ1) is 18.3. The van der Waals surface area contributed by atoms with E-state index in [1.165, 1.54) is 29.3 Å². The van der Waals surface area contributed by atoms with Crippen molar-refractivity contribution < 1.29 is 12.8 Å². The molecule has 1 heterocycles. The molecule has 25 heavy (non-hydrogen) atoms. The molecule has 1 aliphatic heterocycles. The predicted molar refractivity (Wildman–Crippen MR) is 96.6 cm³/mol. The number of nitrogens with one attached hydrogen (secondary N) is 1. The summed E-state index contributed by atoms with van der Waals surface area (Å²) in [4.78, 5) is 1.89. The summed E-state index contributed by atoms with van der Waals surface area (Å²) in [5, 5.41) is -0.199. The van der Waals surface area contributed by atoms with Gasteiger partial charge in [0.25, 0.3) is 0 Å². The van der Waals surface area contributed by atoms with Crippen LogP contribution in [0.2, 0.25) is 5.02 Å². The van der Waals surface area contributed by atoms with E-state index in [4.69, 9.17) is 11.6 Å². The third-order valence-electron chi connectivity index (χ3n) is 4.36. The molecule has 2 aromatic carbocycles. The van der Waals surface area contributed by atoms with Gasteiger partial charge in [-0.25, -0.2) is 17.5 Å². The Morgan fingerprint density at radius 1 is 1.12 bits per heavy atom. The Kier molecular flexibility index (Phi) is 5.74. The molecule has 7 heteroatoms. The van der Waals surface area contributed by atoms with Crippen molar-refractivity contribution in [1.29, 1.82) is 0 Å². The molecule has 0 saturated carbocycles. The van der Waals surface area contributed by atoms with Gasteiger partial charge in [-0.2, -0.15) is 0 Å². The summed E-state index contributed by atoms with van der Waals surface area (Å²) < 4.78 is 40.7. The predicted octanol–water partition coefficient (Wildman–Crippen LogP) is 3.21. The number of rotatable bonds is 6. The van der Waals surface area contributed by atoms with E-state index in [-0.39, 0.29) is 11.6 Å². The lowest BCUT2D eigenvalue weighted by molar-refractivity contribution is 0.251. The quantitative estimate of drug-likeness (QED) is 0.780. The molecule has 0 radical (unpaired) electrons. The molecule has 0 aliphatic carbocycles. The van der Waals surface area contributed by atoms with Gasteiger partial charge in [-0.1, -0.05) is 41.9 Å². The van der Waals surface area contributed by atoms with Gasteiger partial charge in [0.05, 0.1) is 5.02 Å². The number of nitrogens with zero attached hydrogens (tertiary/aromatic N) is 1. The van der Waals surface area contributed by atoms with E-state index in [2.05, 4.69) is 27.8 Å². The largest absolute Gasteiger partial charge is 0.299 e. The molecule has 0 atom stereocenters. The zero-order valence-corrected chi connectivity index (χ0v) is 15.3. The number of sulfonamides is 1. The molecule has 0 fully saturated rings. The lowest BCUT2D eigenvalue weighted by Gasteiger charge is -2.28. The smallest absolute Gasteiger partial charge is 0.243 e. The molecule has 1 N–H and O–H groups in total. The Morgan fingerprint density at radius 2 is 1.88 bits per heavy atom. The van der Waals surface area contributed by atoms with Gasteiger partial charge in [-0.05, 0) is 42.6 Å². The van der Waals surface area contributed by atoms with Crippen molar-refractivity contribution in [2.24, 2.45) is 0 Å². The lowest BCUT2D eigenvalue weighted by Crippen LogP contribution is -2.33. The highest BCUT2D eigenvalue weighted by molar-refractivity contribution is 7.89. The summed E-state index contributed by atoms with van der Waals surface area (Å²) in [7, 11) is -3.89. The summed E-state index contributed by atoms with van der Waals surface area (Å²) >= 11 is 5.65. The highest BCUT2D eigenvalue weighted by atomic mass is 35.5. The first-order chi connectivity index (χ1) is 12.0. The second-order valence-corrected chi connectivity index (χ2v) is 8.24. The summed E-state index contributed by atoms with van der Waals surface area (Å²) in [6.45, 7) is 2.89. The van der Waals surface area contributed by atoms with E-state index in [1.807, 2.05) is 6.07 Å². The number of benzene rings is 2. The molecule has 0 amide bonds. The van der Waals surface area contributed by atoms with E-state index in [0.29, 0.717) is 6.42 Å². The van der Waals surface area contributed by atoms with Crippen molar-refractivity contribution in [3.8, 4) is 0 Å². The highest BCUT2D eigenvalue weighted by Gasteiger charge is 2.20. The molecule has 4 nitrogen and oxygen atoms in total. The fourth-order valence-electron chi connectivity index (χ4n) is 3.02. The summed E-state index contributed by atoms with van der Waals surface area (Å²) in [5.41, 5.74) is 2.71. The van der Waals surface area contributed by atoms with Gasteiger partial charge >= 0.3 is 0 Å². The third-order valence-corrected chi connectivity index (χ3v) is 6.13. The van der Waals surface area contributed by atoms with Gasteiger partial charge in [0.2, 0.25) is 10.0 Å². The normalized spacial score (nSPS) is 15.1. The second-order valence-electron chi connectivity index (χ2n) is 6.10. The van der Waals surface area contributed by atoms with Gasteiger partial charge in [0.15, 0.2) is 5.82 Å². The molecule has 0 spiro atoms. The number of hydrogen-bond acceptors (Lipinski definition) is 3. The Labute approximate surface area is 152 Å². The van der Waals surface area contributed by atoms with Crippen molar-refractivity contribution in [3.05, 3.63) is 64.4 Å². The molecular formula is C18H20ClFN2O2S. The van der Waals surface area contributed by atoms with Crippen LogP contribution in [-0.4, -0.2) is 33.0 Å². The molecule has 0 unspecified atom stereocenters. The van der Waals surface area contributed by atoms with Crippen LogP contribution >= 0.6 is 11.6 Å². The van der Waals surface area contributed by atoms with Crippen LogP contribution in [0, 0.1) is 5.82 Å². The van der Waals surface area contributed by atoms with Gasteiger partial charge < -0.3 is 0 Å². The summed E-state index contributed by atoms with van der Waals surface area (Å²) in [6.07, 6.45) is 1.67. The maximum atomic E-state index is 13.9. The van der Waals surface area contributed by atoms with Crippen LogP contribution in [0.5, 0.6) is 0 Å². The van der Waals surface area contributed by atoms with E-state index in [1.54, 1.807) is 0 Å². The minimum absolute atomic E-state index is 0.199. The Hall–Kier alpha value is -1.47. The second kappa shape index (κ2) is 7.83.